The molecule has 3 aromatic rings. The Morgan fingerprint density at radius 2 is 2.09 bits per heavy atom. The van der Waals surface area contributed by atoms with Gasteiger partial charge in [-0.1, -0.05) is 6.07 Å². The van der Waals surface area contributed by atoms with E-state index in [2.05, 4.69) is 15.4 Å². The minimum absolute atomic E-state index is 0.383. The van der Waals surface area contributed by atoms with Crippen molar-refractivity contribution in [2.75, 3.05) is 12.4 Å². The number of nitrogens with zero attached hydrogens (tertiary/aromatic N) is 3. The van der Waals surface area contributed by atoms with Gasteiger partial charge in [0.25, 0.3) is 0 Å². The molecule has 7 nitrogen and oxygen atoms in total. The zero-order valence-electron chi connectivity index (χ0n) is 12.4. The van der Waals surface area contributed by atoms with E-state index in [9.17, 15) is 4.79 Å². The van der Waals surface area contributed by atoms with Gasteiger partial charge in [0.2, 0.25) is 0 Å². The zero-order valence-corrected chi connectivity index (χ0v) is 12.4. The lowest BCUT2D eigenvalue weighted by Gasteiger charge is -2.10. The topological polar surface area (TPSA) is 95.1 Å². The number of rotatable bonds is 4. The van der Waals surface area contributed by atoms with Gasteiger partial charge in [0, 0.05) is 17.8 Å². The molecule has 23 heavy (non-hydrogen) atoms. The molecule has 0 spiro atoms. The zero-order chi connectivity index (χ0) is 16.2. The van der Waals surface area contributed by atoms with E-state index in [1.165, 1.54) is 0 Å². The first kappa shape index (κ1) is 14.6. The Bertz CT molecular complexity index is 844. The molecule has 1 aromatic carbocycles. The van der Waals surface area contributed by atoms with Gasteiger partial charge < -0.3 is 10.5 Å². The highest BCUT2D eigenvalue weighted by Crippen LogP contribution is 2.25. The molecule has 0 aliphatic heterocycles. The molecule has 0 atom stereocenters. The van der Waals surface area contributed by atoms with Crippen LogP contribution in [0.4, 0.5) is 10.6 Å². The number of benzene rings is 1. The summed E-state index contributed by atoms with van der Waals surface area (Å²) >= 11 is 0. The van der Waals surface area contributed by atoms with E-state index < -0.39 is 6.03 Å². The van der Waals surface area contributed by atoms with E-state index in [0.29, 0.717) is 5.82 Å². The van der Waals surface area contributed by atoms with Gasteiger partial charge in [0.1, 0.15) is 11.6 Å². The van der Waals surface area contributed by atoms with Crippen LogP contribution in [0, 0.1) is 0 Å². The summed E-state index contributed by atoms with van der Waals surface area (Å²) in [4.78, 5) is 15.0. The second kappa shape index (κ2) is 6.18. The fraction of sp³-hybridized carbons (Fsp3) is 0.0625. The Labute approximate surface area is 132 Å². The van der Waals surface area contributed by atoms with Crippen molar-refractivity contribution in [2.45, 2.75) is 0 Å². The lowest BCUT2D eigenvalue weighted by atomic mass is 10.2. The third-order valence-corrected chi connectivity index (χ3v) is 3.25. The van der Waals surface area contributed by atoms with Crippen LogP contribution in [-0.4, -0.2) is 27.9 Å². The number of urea groups is 1. The number of carbonyl (C=O) groups is 1. The number of amides is 2. The maximum absolute atomic E-state index is 11.0. The van der Waals surface area contributed by atoms with Crippen molar-refractivity contribution in [3.05, 3.63) is 54.9 Å². The highest BCUT2D eigenvalue weighted by molar-refractivity contribution is 5.87. The lowest BCUT2D eigenvalue weighted by Crippen LogP contribution is -2.19. The summed E-state index contributed by atoms with van der Waals surface area (Å²) in [7, 11) is 1.62. The van der Waals surface area contributed by atoms with Crippen LogP contribution in [0.25, 0.3) is 16.9 Å². The SMILES string of the molecule is COc1cccc(-n2nccc2-c2ccnc(NC(N)=O)c2)c1. The number of carbonyl (C=O) groups excluding carboxylic acids is 1. The van der Waals surface area contributed by atoms with Gasteiger partial charge in [-0.2, -0.15) is 5.10 Å². The summed E-state index contributed by atoms with van der Waals surface area (Å²) in [6.45, 7) is 0. The Hall–Kier alpha value is -3.35. The second-order valence-corrected chi connectivity index (χ2v) is 4.75. The van der Waals surface area contributed by atoms with Crippen LogP contribution in [0.2, 0.25) is 0 Å². The molecule has 2 amide bonds. The van der Waals surface area contributed by atoms with Crippen molar-refractivity contribution in [2.24, 2.45) is 5.73 Å². The van der Waals surface area contributed by atoms with Crippen LogP contribution in [0.15, 0.2) is 54.9 Å². The highest BCUT2D eigenvalue weighted by Gasteiger charge is 2.09. The number of nitrogens with one attached hydrogen (secondary N) is 1. The minimum atomic E-state index is -0.657. The largest absolute Gasteiger partial charge is 0.497 e. The number of nitrogens with two attached hydrogens (primary N) is 1. The van der Waals surface area contributed by atoms with Crippen LogP contribution in [0.1, 0.15) is 0 Å². The highest BCUT2D eigenvalue weighted by atomic mass is 16.5. The minimum Gasteiger partial charge on any atom is -0.497 e. The summed E-state index contributed by atoms with van der Waals surface area (Å²) in [6, 6.07) is 12.4. The third-order valence-electron chi connectivity index (χ3n) is 3.25. The molecule has 0 saturated carbocycles. The number of methoxy groups -OCH3 is 1. The molecule has 0 aliphatic carbocycles. The van der Waals surface area contributed by atoms with Crippen LogP contribution in [0.3, 0.4) is 0 Å². The first-order chi connectivity index (χ1) is 11.2. The van der Waals surface area contributed by atoms with Gasteiger partial charge in [-0.25, -0.2) is 14.5 Å². The van der Waals surface area contributed by atoms with E-state index in [0.717, 1.165) is 22.7 Å². The molecule has 0 radical (unpaired) electrons. The van der Waals surface area contributed by atoms with Crippen LogP contribution in [0.5, 0.6) is 5.75 Å². The fourth-order valence-electron chi connectivity index (χ4n) is 2.25. The molecule has 2 aromatic heterocycles. The van der Waals surface area contributed by atoms with Gasteiger partial charge >= 0.3 is 6.03 Å². The van der Waals surface area contributed by atoms with Gasteiger partial charge in [0.05, 0.1) is 24.7 Å². The molecule has 0 fully saturated rings. The molecule has 0 aliphatic rings. The van der Waals surface area contributed by atoms with Crippen LogP contribution < -0.4 is 15.8 Å². The summed E-state index contributed by atoms with van der Waals surface area (Å²) in [5, 5.41) is 6.82. The summed E-state index contributed by atoms with van der Waals surface area (Å²) in [5.41, 5.74) is 7.70. The van der Waals surface area contributed by atoms with Crippen molar-refractivity contribution >= 4 is 11.8 Å². The van der Waals surface area contributed by atoms with Crippen molar-refractivity contribution in [1.82, 2.24) is 14.8 Å². The van der Waals surface area contributed by atoms with Gasteiger partial charge in [-0.05, 0) is 30.3 Å². The standard InChI is InChI=1S/C16H15N5O2/c1-23-13-4-2-3-12(10-13)21-14(6-8-19-21)11-5-7-18-15(9-11)20-16(17)22/h2-10H,1H3,(H3,17,18,20,22). The molecule has 0 unspecified atom stereocenters. The number of primary amides is 1. The molecule has 0 bridgehead atoms. The van der Waals surface area contributed by atoms with Crippen LogP contribution in [-0.2, 0) is 0 Å². The Kier molecular flexibility index (Phi) is 3.92. The number of pyridine rings is 1. The molecule has 116 valence electrons. The first-order valence-corrected chi connectivity index (χ1v) is 6.89. The fourth-order valence-corrected chi connectivity index (χ4v) is 2.25. The third kappa shape index (κ3) is 3.13. The Morgan fingerprint density at radius 3 is 2.87 bits per heavy atom. The smallest absolute Gasteiger partial charge is 0.317 e. The molecule has 2 heterocycles. The van der Waals surface area contributed by atoms with E-state index in [-0.39, 0.29) is 0 Å². The normalized spacial score (nSPS) is 10.3. The Morgan fingerprint density at radius 1 is 1.22 bits per heavy atom. The predicted octanol–water partition coefficient (Wildman–Crippen LogP) is 2.43. The maximum Gasteiger partial charge on any atom is 0.317 e. The first-order valence-electron chi connectivity index (χ1n) is 6.89. The number of anilines is 1. The van der Waals surface area contributed by atoms with Crippen molar-refractivity contribution < 1.29 is 9.53 Å². The summed E-state index contributed by atoms with van der Waals surface area (Å²) in [5.74, 6) is 1.13. The van der Waals surface area contributed by atoms with E-state index >= 15 is 0 Å². The van der Waals surface area contributed by atoms with Crippen molar-refractivity contribution in [3.63, 3.8) is 0 Å². The monoisotopic (exact) mass is 309 g/mol. The molecule has 7 heteroatoms. The summed E-state index contributed by atoms with van der Waals surface area (Å²) < 4.78 is 7.03. The van der Waals surface area contributed by atoms with E-state index in [1.807, 2.05) is 36.4 Å². The average molecular weight is 309 g/mol. The quantitative estimate of drug-likeness (QED) is 0.773. The molecular weight excluding hydrogens is 294 g/mol. The predicted molar refractivity (Wildman–Crippen MR) is 86.6 cm³/mol. The number of ether oxygens (including phenoxy) is 1. The van der Waals surface area contributed by atoms with Gasteiger partial charge in [-0.15, -0.1) is 0 Å². The molecule has 3 N–H and O–H groups in total. The van der Waals surface area contributed by atoms with Crippen molar-refractivity contribution in [3.8, 4) is 22.7 Å². The number of hydrogen-bond acceptors (Lipinski definition) is 4. The second-order valence-electron chi connectivity index (χ2n) is 4.75. The number of aromatic nitrogens is 3. The molecular formula is C16H15N5O2. The van der Waals surface area contributed by atoms with Gasteiger partial charge in [0.15, 0.2) is 0 Å². The average Bonchev–Trinajstić information content (AvgIpc) is 3.04. The van der Waals surface area contributed by atoms with E-state index in [1.54, 1.807) is 30.3 Å². The Balaban J connectivity index is 2.02. The number of hydrogen-bond donors (Lipinski definition) is 2. The van der Waals surface area contributed by atoms with Crippen molar-refractivity contribution in [1.29, 1.82) is 0 Å². The van der Waals surface area contributed by atoms with E-state index in [4.69, 9.17) is 10.5 Å². The lowest BCUT2D eigenvalue weighted by molar-refractivity contribution is 0.259. The molecule has 3 rings (SSSR count). The van der Waals surface area contributed by atoms with Crippen LogP contribution >= 0.6 is 0 Å². The maximum atomic E-state index is 11.0. The van der Waals surface area contributed by atoms with Gasteiger partial charge in [-0.3, -0.25) is 5.32 Å². The molecule has 0 saturated heterocycles. The summed E-state index contributed by atoms with van der Waals surface area (Å²) in [6.07, 6.45) is 3.31.